The molecule has 1 aromatic carbocycles. The van der Waals surface area contributed by atoms with Crippen LogP contribution in [0.1, 0.15) is 51.4 Å². The zero-order valence-corrected chi connectivity index (χ0v) is 25.8. The first-order valence-corrected chi connectivity index (χ1v) is 15.6. The minimum absolute atomic E-state index is 0.0815. The van der Waals surface area contributed by atoms with Crippen LogP contribution in [0.15, 0.2) is 36.6 Å². The van der Waals surface area contributed by atoms with Crippen molar-refractivity contribution in [3.63, 3.8) is 0 Å². The Hall–Kier alpha value is -2.67. The number of halogens is 2. The minimum Gasteiger partial charge on any atom is -0.382 e. The molecule has 1 aromatic rings. The number of piperazine rings is 1. The van der Waals surface area contributed by atoms with Gasteiger partial charge in [0.25, 0.3) is 0 Å². The van der Waals surface area contributed by atoms with Crippen molar-refractivity contribution < 1.29 is 22.0 Å². The Bertz CT molecular complexity index is 1200. The summed E-state index contributed by atoms with van der Waals surface area (Å²) >= 11 is 0. The van der Waals surface area contributed by atoms with Crippen LogP contribution in [0, 0.1) is 34.8 Å². The van der Waals surface area contributed by atoms with E-state index in [-0.39, 0.29) is 36.3 Å². The number of nitrogens with one attached hydrogen (secondary N) is 4. The molecule has 1 heterocycles. The van der Waals surface area contributed by atoms with Gasteiger partial charge in [0.1, 0.15) is 5.82 Å². The van der Waals surface area contributed by atoms with Crippen LogP contribution in [0.25, 0.3) is 0 Å². The first kappa shape index (κ1) is 34.5. The lowest BCUT2D eigenvalue weighted by atomic mass is 9.76. The van der Waals surface area contributed by atoms with Crippen LogP contribution >= 0.6 is 0 Å². The van der Waals surface area contributed by atoms with E-state index >= 15 is 4.39 Å². The molecule has 0 aromatic heterocycles. The second-order valence-electron chi connectivity index (χ2n) is 10.6. The molecule has 1 aliphatic heterocycles. The number of hydrogen-bond donors (Lipinski definition) is 4. The minimum atomic E-state index is -4.09. The lowest BCUT2D eigenvalue weighted by molar-refractivity contribution is 0.102. The number of nitrogens with zero attached hydrogens (tertiary/aromatic N) is 2. The molecule has 4 N–H and O–H groups in total. The molecule has 1 aliphatic rings. The number of anilines is 1. The van der Waals surface area contributed by atoms with E-state index in [4.69, 9.17) is 5.41 Å². The highest BCUT2D eigenvalue weighted by Gasteiger charge is 2.32. The maximum absolute atomic E-state index is 15.3. The molecule has 1 unspecified atom stereocenters. The number of benzene rings is 1. The van der Waals surface area contributed by atoms with Gasteiger partial charge in [0.2, 0.25) is 0 Å². The third kappa shape index (κ3) is 8.43. The molecular formula is C29H46F2N6O3S. The maximum atomic E-state index is 15.3. The molecule has 230 valence electrons. The molecule has 2 rings (SSSR count). The van der Waals surface area contributed by atoms with Gasteiger partial charge in [-0.3, -0.25) is 14.4 Å². The van der Waals surface area contributed by atoms with E-state index < -0.39 is 44.9 Å². The zero-order valence-electron chi connectivity index (χ0n) is 25.0. The number of hydrogen-bond acceptors (Lipinski definition) is 7. The summed E-state index contributed by atoms with van der Waals surface area (Å²) < 4.78 is 57.9. The summed E-state index contributed by atoms with van der Waals surface area (Å²) in [5.74, 6) is -3.05. The largest absolute Gasteiger partial charge is 0.382 e. The SMILES string of the molecule is C=C[C@@H](C(C=N)N/C=C(\CC)C(=O)c1c(F)ccc(NS(=O)(=O)N(C)CC)c1F)[C@H](C)[C@H](C)[C@H](C)N1CCNCC1. The summed E-state index contributed by atoms with van der Waals surface area (Å²) in [7, 11) is -2.78. The van der Waals surface area contributed by atoms with Gasteiger partial charge in [0.05, 0.1) is 17.3 Å². The number of Topliss-reactive ketones (excluding diaryl/α,β-unsaturated/α-hetero) is 1. The smallest absolute Gasteiger partial charge is 0.301 e. The third-order valence-electron chi connectivity index (χ3n) is 8.33. The number of allylic oxidation sites excluding steroid dienone is 1. The topological polar surface area (TPSA) is 118 Å². The molecule has 0 aliphatic carbocycles. The Morgan fingerprint density at radius 3 is 2.37 bits per heavy atom. The molecule has 0 saturated carbocycles. The van der Waals surface area contributed by atoms with Crippen LogP contribution in [0.3, 0.4) is 0 Å². The van der Waals surface area contributed by atoms with E-state index in [0.29, 0.717) is 6.04 Å². The van der Waals surface area contributed by atoms with Crippen molar-refractivity contribution >= 4 is 27.9 Å². The highest BCUT2D eigenvalue weighted by molar-refractivity contribution is 7.90. The van der Waals surface area contributed by atoms with Crippen molar-refractivity contribution in [1.29, 1.82) is 5.41 Å². The summed E-state index contributed by atoms with van der Waals surface area (Å²) in [6, 6.07) is 1.61. The number of carbonyl (C=O) groups excluding carboxylic acids is 1. The maximum Gasteiger partial charge on any atom is 0.301 e. The monoisotopic (exact) mass is 596 g/mol. The highest BCUT2D eigenvalue weighted by Crippen LogP contribution is 2.30. The van der Waals surface area contributed by atoms with E-state index in [1.807, 2.05) is 0 Å². The molecule has 9 nitrogen and oxygen atoms in total. The van der Waals surface area contributed by atoms with Crippen LogP contribution in [0.4, 0.5) is 14.5 Å². The Morgan fingerprint density at radius 1 is 1.20 bits per heavy atom. The summed E-state index contributed by atoms with van der Waals surface area (Å²) in [4.78, 5) is 15.8. The fourth-order valence-electron chi connectivity index (χ4n) is 5.08. The molecule has 5 atom stereocenters. The van der Waals surface area contributed by atoms with Crippen molar-refractivity contribution in [3.05, 3.63) is 53.8 Å². The molecule has 0 amide bonds. The second kappa shape index (κ2) is 15.5. The Balaban J connectivity index is 2.29. The van der Waals surface area contributed by atoms with Gasteiger partial charge in [-0.05, 0) is 37.3 Å². The first-order chi connectivity index (χ1) is 19.3. The van der Waals surface area contributed by atoms with Gasteiger partial charge in [-0.15, -0.1) is 6.58 Å². The second-order valence-corrected chi connectivity index (χ2v) is 12.4. The fraction of sp³-hybridized carbons (Fsp3) is 0.586. The molecule has 0 radical (unpaired) electrons. The summed E-state index contributed by atoms with van der Waals surface area (Å²) in [6.07, 6.45) is 4.60. The van der Waals surface area contributed by atoms with Crippen molar-refractivity contribution in [3.8, 4) is 0 Å². The zero-order chi connectivity index (χ0) is 30.9. The number of ketones is 1. The molecule has 1 saturated heterocycles. The predicted octanol–water partition coefficient (Wildman–Crippen LogP) is 4.03. The normalized spacial score (nSPS) is 18.7. The molecule has 0 bridgehead atoms. The third-order valence-corrected chi connectivity index (χ3v) is 9.88. The van der Waals surface area contributed by atoms with Gasteiger partial charge in [-0.1, -0.05) is 33.8 Å². The van der Waals surface area contributed by atoms with Crippen LogP contribution in [0.2, 0.25) is 0 Å². The van der Waals surface area contributed by atoms with Gasteiger partial charge in [-0.25, -0.2) is 8.78 Å². The fourth-order valence-corrected chi connectivity index (χ4v) is 6.01. The van der Waals surface area contributed by atoms with Crippen molar-refractivity contribution in [2.24, 2.45) is 17.8 Å². The average Bonchev–Trinajstić information content (AvgIpc) is 2.97. The quantitative estimate of drug-likeness (QED) is 0.0991. The van der Waals surface area contributed by atoms with Gasteiger partial charge < -0.3 is 16.0 Å². The van der Waals surface area contributed by atoms with Gasteiger partial charge >= 0.3 is 10.2 Å². The van der Waals surface area contributed by atoms with E-state index in [9.17, 15) is 17.6 Å². The van der Waals surface area contributed by atoms with Crippen LogP contribution in [0.5, 0.6) is 0 Å². The molecule has 1 fully saturated rings. The molecule has 12 heteroatoms. The summed E-state index contributed by atoms with van der Waals surface area (Å²) in [5, 5.41) is 14.6. The highest BCUT2D eigenvalue weighted by atomic mass is 32.2. The van der Waals surface area contributed by atoms with E-state index in [1.54, 1.807) is 19.9 Å². The van der Waals surface area contributed by atoms with Gasteiger partial charge in [0.15, 0.2) is 11.6 Å². The first-order valence-electron chi connectivity index (χ1n) is 14.1. The van der Waals surface area contributed by atoms with Crippen molar-refractivity contribution in [2.45, 2.75) is 53.1 Å². The predicted molar refractivity (Wildman–Crippen MR) is 162 cm³/mol. The molecule has 41 heavy (non-hydrogen) atoms. The summed E-state index contributed by atoms with van der Waals surface area (Å²) in [5.41, 5.74) is -1.29. The number of rotatable bonds is 16. The van der Waals surface area contributed by atoms with Gasteiger partial charge in [0, 0.05) is 69.7 Å². The van der Waals surface area contributed by atoms with E-state index in [1.165, 1.54) is 19.5 Å². The van der Waals surface area contributed by atoms with Crippen molar-refractivity contribution in [2.75, 3.05) is 44.5 Å². The lowest BCUT2D eigenvalue weighted by Crippen LogP contribution is -2.51. The van der Waals surface area contributed by atoms with E-state index in [2.05, 4.69) is 47.6 Å². The molecular weight excluding hydrogens is 550 g/mol. The summed E-state index contributed by atoms with van der Waals surface area (Å²) in [6.45, 7) is 17.8. The van der Waals surface area contributed by atoms with Gasteiger partial charge in [-0.2, -0.15) is 12.7 Å². The van der Waals surface area contributed by atoms with Crippen LogP contribution in [-0.4, -0.2) is 81.5 Å². The van der Waals surface area contributed by atoms with Crippen LogP contribution < -0.4 is 15.4 Å². The van der Waals surface area contributed by atoms with Crippen LogP contribution in [-0.2, 0) is 10.2 Å². The molecule has 0 spiro atoms. The standard InChI is InChI=1S/C29H46F2N6O3S/c1-8-22(29(38)27-24(30)11-12-25(28(27)31)35-41(39,40)36(7)10-3)18-34-26(17-32)23(9-2)20(5)19(4)21(6)37-15-13-33-14-16-37/h9,11-12,17-21,23,26,32-35H,2,8,10,13-16H2,1,3-7H3/b22-18+,32-17?/t19-,20+,21-,23+,26?/m0/s1. The van der Waals surface area contributed by atoms with Crippen molar-refractivity contribution in [1.82, 2.24) is 19.8 Å². The Kier molecular flexibility index (Phi) is 13.1. The average molecular weight is 597 g/mol. The number of carbonyl (C=O) groups is 1. The van der Waals surface area contributed by atoms with E-state index in [0.717, 1.165) is 42.6 Å². The Morgan fingerprint density at radius 2 is 1.83 bits per heavy atom. The Labute approximate surface area is 244 Å². The lowest BCUT2D eigenvalue weighted by Gasteiger charge is -2.41.